The maximum absolute atomic E-state index is 13.0. The Bertz CT molecular complexity index is 1220. The van der Waals surface area contributed by atoms with E-state index in [2.05, 4.69) is 38.4 Å². The maximum Gasteiger partial charge on any atom is 0.274 e. The van der Waals surface area contributed by atoms with E-state index in [4.69, 9.17) is 0 Å². The lowest BCUT2D eigenvalue weighted by Crippen LogP contribution is -2.17. The van der Waals surface area contributed by atoms with E-state index in [1.165, 1.54) is 11.3 Å². The van der Waals surface area contributed by atoms with Crippen molar-refractivity contribution in [2.24, 2.45) is 0 Å². The van der Waals surface area contributed by atoms with Gasteiger partial charge in [-0.1, -0.05) is 53.8 Å². The molecule has 0 radical (unpaired) electrons. The Kier molecular flexibility index (Phi) is 3.99. The van der Waals surface area contributed by atoms with Gasteiger partial charge in [0.15, 0.2) is 5.13 Å². The molecular weight excluding hydrogens is 374 g/mol. The molecule has 5 aromatic rings. The van der Waals surface area contributed by atoms with Gasteiger partial charge in [-0.15, -0.1) is 11.3 Å². The average molecular weight is 390 g/mol. The molecule has 0 bridgehead atoms. The Balaban J connectivity index is 1.50. The number of thiazole rings is 1. The van der Waals surface area contributed by atoms with Gasteiger partial charge in [0.1, 0.15) is 5.69 Å². The van der Waals surface area contributed by atoms with Crippen LogP contribution in [0, 0.1) is 0 Å². The summed E-state index contributed by atoms with van der Waals surface area (Å²) in [6, 6.07) is 22.1. The monoisotopic (exact) mass is 389 g/mol. The molecule has 0 aliphatic carbocycles. The van der Waals surface area contributed by atoms with Crippen LogP contribution in [0.5, 0.6) is 0 Å². The summed E-state index contributed by atoms with van der Waals surface area (Å²) in [4.78, 5) is 17.5. The number of fused-ring (bicyclic) bond motifs is 2. The highest BCUT2D eigenvalue weighted by Crippen LogP contribution is 2.29. The van der Waals surface area contributed by atoms with Crippen LogP contribution in [0.15, 0.2) is 72.1 Å². The molecule has 132 valence electrons. The Morgan fingerprint density at radius 1 is 1.00 bits per heavy atom. The molecule has 27 heavy (non-hydrogen) atoms. The molecule has 0 aliphatic heterocycles. The first-order valence-electron chi connectivity index (χ1n) is 8.55. The SMILES string of the molecule is O=C(Nc1nc2ccccc2s1)c1cc2sccc2n1Cc1ccccc1. The van der Waals surface area contributed by atoms with E-state index in [0.717, 1.165) is 26.0 Å². The molecule has 4 nitrogen and oxygen atoms in total. The van der Waals surface area contributed by atoms with E-state index >= 15 is 0 Å². The summed E-state index contributed by atoms with van der Waals surface area (Å²) >= 11 is 3.14. The lowest BCUT2D eigenvalue weighted by molar-refractivity contribution is 0.101. The zero-order valence-electron chi connectivity index (χ0n) is 14.3. The van der Waals surface area contributed by atoms with Crippen LogP contribution < -0.4 is 5.32 Å². The first-order chi connectivity index (χ1) is 13.3. The number of hydrogen-bond donors (Lipinski definition) is 1. The van der Waals surface area contributed by atoms with E-state index in [-0.39, 0.29) is 5.91 Å². The number of para-hydroxylation sites is 1. The smallest absolute Gasteiger partial charge is 0.274 e. The Morgan fingerprint density at radius 3 is 2.67 bits per heavy atom. The number of anilines is 1. The molecule has 0 saturated carbocycles. The van der Waals surface area contributed by atoms with Gasteiger partial charge in [-0.2, -0.15) is 0 Å². The number of nitrogens with zero attached hydrogens (tertiary/aromatic N) is 2. The van der Waals surface area contributed by atoms with Crippen LogP contribution in [-0.2, 0) is 6.54 Å². The molecular formula is C21H15N3OS2. The van der Waals surface area contributed by atoms with Crippen molar-refractivity contribution in [2.75, 3.05) is 5.32 Å². The van der Waals surface area contributed by atoms with Crippen molar-refractivity contribution >= 4 is 54.1 Å². The number of amides is 1. The van der Waals surface area contributed by atoms with Crippen LogP contribution >= 0.6 is 22.7 Å². The quantitative estimate of drug-likeness (QED) is 0.434. The van der Waals surface area contributed by atoms with Crippen molar-refractivity contribution in [3.8, 4) is 0 Å². The van der Waals surface area contributed by atoms with Gasteiger partial charge >= 0.3 is 0 Å². The second-order valence-electron chi connectivity index (χ2n) is 6.21. The van der Waals surface area contributed by atoms with Crippen LogP contribution in [0.3, 0.4) is 0 Å². The predicted octanol–water partition coefficient (Wildman–Crippen LogP) is 5.61. The third-order valence-electron chi connectivity index (χ3n) is 4.45. The fourth-order valence-corrected chi connectivity index (χ4v) is 4.87. The van der Waals surface area contributed by atoms with Gasteiger partial charge in [0, 0.05) is 6.54 Å². The summed E-state index contributed by atoms with van der Waals surface area (Å²) in [6.07, 6.45) is 0. The van der Waals surface area contributed by atoms with Gasteiger partial charge in [0.25, 0.3) is 5.91 Å². The molecule has 3 aromatic heterocycles. The van der Waals surface area contributed by atoms with Crippen LogP contribution in [0.25, 0.3) is 20.4 Å². The highest BCUT2D eigenvalue weighted by Gasteiger charge is 2.18. The lowest BCUT2D eigenvalue weighted by Gasteiger charge is -2.10. The molecule has 5 rings (SSSR count). The number of benzene rings is 2. The normalized spacial score (nSPS) is 11.3. The molecule has 0 saturated heterocycles. The Morgan fingerprint density at radius 2 is 1.81 bits per heavy atom. The lowest BCUT2D eigenvalue weighted by atomic mass is 10.2. The van der Waals surface area contributed by atoms with Crippen molar-refractivity contribution in [1.82, 2.24) is 9.55 Å². The van der Waals surface area contributed by atoms with E-state index in [1.807, 2.05) is 48.5 Å². The molecule has 0 fully saturated rings. The zero-order chi connectivity index (χ0) is 18.2. The largest absolute Gasteiger partial charge is 0.331 e. The summed E-state index contributed by atoms with van der Waals surface area (Å²) in [5.74, 6) is -0.131. The number of carbonyl (C=O) groups is 1. The molecule has 3 heterocycles. The van der Waals surface area contributed by atoms with Crippen molar-refractivity contribution in [3.63, 3.8) is 0 Å². The van der Waals surface area contributed by atoms with Gasteiger partial charge in [-0.25, -0.2) is 4.98 Å². The molecule has 1 N–H and O–H groups in total. The number of hydrogen-bond acceptors (Lipinski definition) is 4. The van der Waals surface area contributed by atoms with E-state index in [9.17, 15) is 4.79 Å². The minimum atomic E-state index is -0.131. The molecule has 0 unspecified atom stereocenters. The number of thiophene rings is 1. The van der Waals surface area contributed by atoms with E-state index < -0.39 is 0 Å². The number of aromatic nitrogens is 2. The average Bonchev–Trinajstić information content (AvgIpc) is 3.37. The van der Waals surface area contributed by atoms with Crippen LogP contribution in [0.2, 0.25) is 0 Å². The highest BCUT2D eigenvalue weighted by atomic mass is 32.1. The summed E-state index contributed by atoms with van der Waals surface area (Å²) in [7, 11) is 0. The van der Waals surface area contributed by atoms with E-state index in [1.54, 1.807) is 11.3 Å². The number of nitrogens with one attached hydrogen (secondary N) is 1. The van der Waals surface area contributed by atoms with Crippen LogP contribution in [-0.4, -0.2) is 15.5 Å². The third kappa shape index (κ3) is 3.03. The summed E-state index contributed by atoms with van der Waals surface area (Å²) in [5.41, 5.74) is 3.80. The summed E-state index contributed by atoms with van der Waals surface area (Å²) in [5, 5.41) is 5.66. The molecule has 0 aliphatic rings. The second-order valence-corrected chi connectivity index (χ2v) is 8.19. The van der Waals surface area contributed by atoms with Crippen molar-refractivity contribution in [3.05, 3.63) is 83.4 Å². The topological polar surface area (TPSA) is 46.9 Å². The maximum atomic E-state index is 13.0. The second kappa shape index (κ2) is 6.64. The number of carbonyl (C=O) groups excluding carboxylic acids is 1. The van der Waals surface area contributed by atoms with Crippen molar-refractivity contribution in [2.45, 2.75) is 6.54 Å². The van der Waals surface area contributed by atoms with Gasteiger partial charge in [0.2, 0.25) is 0 Å². The van der Waals surface area contributed by atoms with Crippen molar-refractivity contribution in [1.29, 1.82) is 0 Å². The standard InChI is InChI=1S/C21H15N3OS2/c25-20(23-21-22-15-8-4-5-9-18(15)27-21)17-12-19-16(10-11-26-19)24(17)13-14-6-2-1-3-7-14/h1-12H,13H2,(H,22,23,25). The minimum Gasteiger partial charge on any atom is -0.331 e. The molecule has 0 atom stereocenters. The Hall–Kier alpha value is -2.96. The van der Waals surface area contributed by atoms with Crippen molar-refractivity contribution < 1.29 is 4.79 Å². The molecule has 6 heteroatoms. The van der Waals surface area contributed by atoms with Gasteiger partial charge in [-0.05, 0) is 35.2 Å². The fraction of sp³-hybridized carbons (Fsp3) is 0.0476. The van der Waals surface area contributed by atoms with Gasteiger partial charge in [-0.3, -0.25) is 10.1 Å². The summed E-state index contributed by atoms with van der Waals surface area (Å²) in [6.45, 7) is 0.656. The first kappa shape index (κ1) is 16.2. The third-order valence-corrected chi connectivity index (χ3v) is 6.26. The minimum absolute atomic E-state index is 0.131. The molecule has 1 amide bonds. The highest BCUT2D eigenvalue weighted by molar-refractivity contribution is 7.22. The Labute approximate surface area is 163 Å². The number of rotatable bonds is 4. The van der Waals surface area contributed by atoms with Gasteiger partial charge in [0.05, 0.1) is 20.4 Å². The van der Waals surface area contributed by atoms with E-state index in [0.29, 0.717) is 17.4 Å². The van der Waals surface area contributed by atoms with Crippen LogP contribution in [0.1, 0.15) is 16.1 Å². The fourth-order valence-electron chi connectivity index (χ4n) is 3.19. The zero-order valence-corrected chi connectivity index (χ0v) is 15.9. The molecule has 0 spiro atoms. The van der Waals surface area contributed by atoms with Gasteiger partial charge < -0.3 is 4.57 Å². The van der Waals surface area contributed by atoms with Crippen LogP contribution in [0.4, 0.5) is 5.13 Å². The molecule has 2 aromatic carbocycles. The summed E-state index contributed by atoms with van der Waals surface area (Å²) < 4.78 is 4.25. The predicted molar refractivity (Wildman–Crippen MR) is 113 cm³/mol. The first-order valence-corrected chi connectivity index (χ1v) is 10.2.